The Hall–Kier alpha value is -2.08. The second-order valence-electron chi connectivity index (χ2n) is 7.23. The van der Waals surface area contributed by atoms with E-state index in [1.807, 2.05) is 28.0 Å². The van der Waals surface area contributed by atoms with Crippen LogP contribution in [-0.4, -0.2) is 47.9 Å². The van der Waals surface area contributed by atoms with Crippen LogP contribution in [0.3, 0.4) is 0 Å². The van der Waals surface area contributed by atoms with Gasteiger partial charge in [-0.3, -0.25) is 4.79 Å². The third-order valence-electron chi connectivity index (χ3n) is 5.43. The fourth-order valence-corrected chi connectivity index (χ4v) is 3.97. The predicted octanol–water partition coefficient (Wildman–Crippen LogP) is 2.58. The van der Waals surface area contributed by atoms with E-state index in [1.54, 1.807) is 0 Å². The fourth-order valence-electron chi connectivity index (χ4n) is 3.97. The molecule has 0 bridgehead atoms. The fraction of sp³-hybridized carbons (Fsp3) is 0.579. The first-order valence-electron chi connectivity index (χ1n) is 9.25. The molecule has 0 spiro atoms. The second-order valence-corrected chi connectivity index (χ2v) is 7.23. The minimum Gasteiger partial charge on any atom is -0.372 e. The van der Waals surface area contributed by atoms with Gasteiger partial charge in [0.05, 0.1) is 19.1 Å². The van der Waals surface area contributed by atoms with Crippen molar-refractivity contribution in [2.75, 3.05) is 31.5 Å². The highest BCUT2D eigenvalue weighted by Crippen LogP contribution is 2.25. The van der Waals surface area contributed by atoms with Crippen LogP contribution in [0.15, 0.2) is 18.2 Å². The lowest BCUT2D eigenvalue weighted by atomic mass is 9.97. The number of hydrogen-bond donors (Lipinski definition) is 1. The molecule has 134 valence electrons. The summed E-state index contributed by atoms with van der Waals surface area (Å²) in [5.74, 6) is -0.123. The average Bonchev–Trinajstić information content (AvgIpc) is 3.32. The number of nitrogens with one attached hydrogen (secondary N) is 1. The van der Waals surface area contributed by atoms with Crippen molar-refractivity contribution in [1.82, 2.24) is 9.80 Å². The third kappa shape index (κ3) is 3.49. The molecule has 3 heterocycles. The summed E-state index contributed by atoms with van der Waals surface area (Å²) in [6.45, 7) is 4.25. The van der Waals surface area contributed by atoms with E-state index in [4.69, 9.17) is 4.74 Å². The van der Waals surface area contributed by atoms with Gasteiger partial charge < -0.3 is 19.9 Å². The molecule has 2 fully saturated rings. The molecule has 4 rings (SSSR count). The number of amides is 3. The van der Waals surface area contributed by atoms with Crippen LogP contribution in [0, 0.1) is 5.92 Å². The van der Waals surface area contributed by atoms with Crippen LogP contribution in [0.4, 0.5) is 10.5 Å². The third-order valence-corrected chi connectivity index (χ3v) is 5.43. The Balaban J connectivity index is 1.37. The summed E-state index contributed by atoms with van der Waals surface area (Å²) in [6.07, 6.45) is 3.90. The predicted molar refractivity (Wildman–Crippen MR) is 94.1 cm³/mol. The van der Waals surface area contributed by atoms with E-state index in [2.05, 4.69) is 5.32 Å². The van der Waals surface area contributed by atoms with Gasteiger partial charge >= 0.3 is 6.03 Å². The Bertz CT molecular complexity index is 670. The van der Waals surface area contributed by atoms with Crippen LogP contribution < -0.4 is 5.32 Å². The quantitative estimate of drug-likeness (QED) is 0.898. The molecular weight excluding hydrogens is 318 g/mol. The standard InChI is InChI=1S/C19H25N3O3/c23-18(20-17-6-5-15-12-25-13-16(15)10-17)14-4-3-9-22(11-14)19(24)21-7-1-2-8-21/h5-6,10,14H,1-4,7-9,11-13H2,(H,20,23)/t14-/m0/s1. The monoisotopic (exact) mass is 343 g/mol. The van der Waals surface area contributed by atoms with E-state index in [9.17, 15) is 9.59 Å². The molecule has 3 aliphatic rings. The highest BCUT2D eigenvalue weighted by molar-refractivity contribution is 5.93. The van der Waals surface area contributed by atoms with Crippen molar-refractivity contribution in [2.24, 2.45) is 5.92 Å². The first-order valence-corrected chi connectivity index (χ1v) is 9.25. The summed E-state index contributed by atoms with van der Waals surface area (Å²) in [4.78, 5) is 29.0. The van der Waals surface area contributed by atoms with Crippen molar-refractivity contribution in [3.63, 3.8) is 0 Å². The number of piperidine rings is 1. The molecule has 25 heavy (non-hydrogen) atoms. The van der Waals surface area contributed by atoms with E-state index < -0.39 is 0 Å². The first-order chi connectivity index (χ1) is 12.2. The number of carbonyl (C=O) groups is 2. The van der Waals surface area contributed by atoms with Crippen LogP contribution in [0.5, 0.6) is 0 Å². The molecule has 6 nitrogen and oxygen atoms in total. The van der Waals surface area contributed by atoms with Gasteiger partial charge in [0.1, 0.15) is 0 Å². The maximum Gasteiger partial charge on any atom is 0.320 e. The van der Waals surface area contributed by atoms with Gasteiger partial charge in [-0.2, -0.15) is 0 Å². The van der Waals surface area contributed by atoms with Gasteiger partial charge in [-0.25, -0.2) is 4.79 Å². The maximum atomic E-state index is 12.7. The van der Waals surface area contributed by atoms with Crippen LogP contribution in [0.25, 0.3) is 0 Å². The molecule has 0 radical (unpaired) electrons. The van der Waals surface area contributed by atoms with Crippen molar-refractivity contribution >= 4 is 17.6 Å². The summed E-state index contributed by atoms with van der Waals surface area (Å²) in [5.41, 5.74) is 3.16. The van der Waals surface area contributed by atoms with Gasteiger partial charge in [0.25, 0.3) is 0 Å². The summed E-state index contributed by atoms with van der Waals surface area (Å²) < 4.78 is 5.42. The molecule has 2 saturated heterocycles. The molecule has 1 N–H and O–H groups in total. The van der Waals surface area contributed by atoms with Gasteiger partial charge in [0, 0.05) is 31.9 Å². The van der Waals surface area contributed by atoms with E-state index in [1.165, 1.54) is 5.56 Å². The number of ether oxygens (including phenoxy) is 1. The number of rotatable bonds is 2. The lowest BCUT2D eigenvalue weighted by Crippen LogP contribution is -2.48. The number of benzene rings is 1. The van der Waals surface area contributed by atoms with Gasteiger partial charge in [-0.1, -0.05) is 6.07 Å². The normalized spacial score (nSPS) is 22.8. The Labute approximate surface area is 148 Å². The summed E-state index contributed by atoms with van der Waals surface area (Å²) in [6, 6.07) is 6.05. The van der Waals surface area contributed by atoms with Crippen molar-refractivity contribution < 1.29 is 14.3 Å². The van der Waals surface area contributed by atoms with Crippen LogP contribution in [-0.2, 0) is 22.7 Å². The highest BCUT2D eigenvalue weighted by Gasteiger charge is 2.31. The van der Waals surface area contributed by atoms with Crippen molar-refractivity contribution in [3.8, 4) is 0 Å². The van der Waals surface area contributed by atoms with Gasteiger partial charge in [-0.15, -0.1) is 0 Å². The molecule has 0 aliphatic carbocycles. The summed E-state index contributed by atoms with van der Waals surface area (Å²) >= 11 is 0. The minimum atomic E-state index is -0.134. The lowest BCUT2D eigenvalue weighted by Gasteiger charge is -2.34. The van der Waals surface area contributed by atoms with Crippen LogP contribution in [0.2, 0.25) is 0 Å². The number of fused-ring (bicyclic) bond motifs is 1. The summed E-state index contributed by atoms with van der Waals surface area (Å²) in [7, 11) is 0. The van der Waals surface area contributed by atoms with Crippen molar-refractivity contribution in [1.29, 1.82) is 0 Å². The van der Waals surface area contributed by atoms with Crippen LogP contribution in [0.1, 0.15) is 36.8 Å². The number of urea groups is 1. The summed E-state index contributed by atoms with van der Waals surface area (Å²) in [5, 5.41) is 3.02. The molecule has 1 aromatic rings. The Morgan fingerprint density at radius 3 is 2.60 bits per heavy atom. The zero-order valence-electron chi connectivity index (χ0n) is 14.5. The van der Waals surface area contributed by atoms with Gasteiger partial charge in [0.15, 0.2) is 0 Å². The smallest absolute Gasteiger partial charge is 0.320 e. The number of likely N-dealkylation sites (tertiary alicyclic amines) is 2. The van der Waals surface area contributed by atoms with E-state index >= 15 is 0 Å². The Morgan fingerprint density at radius 2 is 1.76 bits per heavy atom. The Kier molecular flexibility index (Phi) is 4.61. The molecule has 3 aliphatic heterocycles. The van der Waals surface area contributed by atoms with Gasteiger partial charge in [0.2, 0.25) is 5.91 Å². The minimum absolute atomic E-state index is 0.0118. The van der Waals surface area contributed by atoms with Crippen molar-refractivity contribution in [2.45, 2.75) is 38.9 Å². The van der Waals surface area contributed by atoms with Gasteiger partial charge in [-0.05, 0) is 48.9 Å². The molecule has 0 aromatic heterocycles. The van der Waals surface area contributed by atoms with E-state index in [0.717, 1.165) is 56.6 Å². The van der Waals surface area contributed by atoms with Crippen LogP contribution >= 0.6 is 0 Å². The zero-order valence-corrected chi connectivity index (χ0v) is 14.5. The zero-order chi connectivity index (χ0) is 17.2. The van der Waals surface area contributed by atoms with Crippen molar-refractivity contribution in [3.05, 3.63) is 29.3 Å². The molecule has 1 aromatic carbocycles. The second kappa shape index (κ2) is 7.04. The maximum absolute atomic E-state index is 12.7. The largest absolute Gasteiger partial charge is 0.372 e. The number of anilines is 1. The number of hydrogen-bond acceptors (Lipinski definition) is 3. The Morgan fingerprint density at radius 1 is 1.00 bits per heavy atom. The first kappa shape index (κ1) is 16.4. The average molecular weight is 343 g/mol. The van der Waals surface area contributed by atoms with E-state index in [0.29, 0.717) is 19.8 Å². The molecule has 3 amide bonds. The number of carbonyl (C=O) groups excluding carboxylic acids is 2. The highest BCUT2D eigenvalue weighted by atomic mass is 16.5. The molecule has 6 heteroatoms. The molecule has 0 saturated carbocycles. The topological polar surface area (TPSA) is 61.9 Å². The lowest BCUT2D eigenvalue weighted by molar-refractivity contribution is -0.121. The molecular formula is C19H25N3O3. The SMILES string of the molecule is O=C(Nc1ccc2c(c1)COC2)[C@H]1CCCN(C(=O)N2CCCC2)C1. The molecule has 1 atom stereocenters. The number of nitrogens with zero attached hydrogens (tertiary/aromatic N) is 2. The molecule has 0 unspecified atom stereocenters. The van der Waals surface area contributed by atoms with E-state index in [-0.39, 0.29) is 17.9 Å².